The number of nitrogens with zero attached hydrogens (tertiary/aromatic N) is 2. The zero-order chi connectivity index (χ0) is 14.7. The first-order chi connectivity index (χ1) is 10.2. The molecular weight excluding hydrogens is 264 g/mol. The van der Waals surface area contributed by atoms with Gasteiger partial charge in [0.15, 0.2) is 0 Å². The lowest BCUT2D eigenvalue weighted by molar-refractivity contribution is 0.230. The van der Waals surface area contributed by atoms with Crippen molar-refractivity contribution < 1.29 is 4.74 Å². The minimum absolute atomic E-state index is 0.102. The lowest BCUT2D eigenvalue weighted by Gasteiger charge is -2.12. The fourth-order valence-electron chi connectivity index (χ4n) is 2.10. The zero-order valence-electron chi connectivity index (χ0n) is 12.1. The van der Waals surface area contributed by atoms with Crippen molar-refractivity contribution in [3.8, 4) is 5.88 Å². The number of H-pyrrole nitrogens is 1. The maximum Gasteiger partial charge on any atom is 0.218 e. The zero-order valence-corrected chi connectivity index (χ0v) is 12.1. The topological polar surface area (TPSA) is 62.8 Å². The van der Waals surface area contributed by atoms with E-state index in [1.54, 1.807) is 6.20 Å². The molecule has 0 spiro atoms. The predicted octanol–water partition coefficient (Wildman–Crippen LogP) is 3.36. The molecule has 1 aromatic carbocycles. The van der Waals surface area contributed by atoms with Crippen LogP contribution in [-0.4, -0.2) is 21.1 Å². The third-order valence-corrected chi connectivity index (χ3v) is 3.03. The van der Waals surface area contributed by atoms with Gasteiger partial charge in [-0.05, 0) is 32.0 Å². The summed E-state index contributed by atoms with van der Waals surface area (Å²) >= 11 is 0. The average molecular weight is 282 g/mol. The first-order valence-electron chi connectivity index (χ1n) is 7.01. The molecule has 21 heavy (non-hydrogen) atoms. The molecule has 3 aromatic rings. The molecule has 0 radical (unpaired) electrons. The number of aromatic nitrogens is 3. The van der Waals surface area contributed by atoms with Gasteiger partial charge in [-0.15, -0.1) is 0 Å². The highest BCUT2D eigenvalue weighted by molar-refractivity contribution is 5.77. The Morgan fingerprint density at radius 2 is 2.05 bits per heavy atom. The van der Waals surface area contributed by atoms with Gasteiger partial charge in [-0.3, -0.25) is 0 Å². The van der Waals surface area contributed by atoms with Crippen LogP contribution in [0, 0.1) is 0 Å². The van der Waals surface area contributed by atoms with E-state index in [9.17, 15) is 0 Å². The van der Waals surface area contributed by atoms with E-state index < -0.39 is 0 Å². The van der Waals surface area contributed by atoms with Gasteiger partial charge in [0.05, 0.1) is 17.1 Å². The third kappa shape index (κ3) is 3.13. The van der Waals surface area contributed by atoms with Crippen LogP contribution in [0.15, 0.2) is 42.6 Å². The SMILES string of the molecule is CC(C)Oc1ncccc1CNc1nc2ccccc2[nH]1. The van der Waals surface area contributed by atoms with E-state index in [0.717, 1.165) is 22.5 Å². The summed E-state index contributed by atoms with van der Waals surface area (Å²) < 4.78 is 5.71. The molecule has 3 rings (SSSR count). The van der Waals surface area contributed by atoms with Crippen LogP contribution in [0.5, 0.6) is 5.88 Å². The normalized spacial score (nSPS) is 11.0. The number of hydrogen-bond donors (Lipinski definition) is 2. The molecule has 2 heterocycles. The summed E-state index contributed by atoms with van der Waals surface area (Å²) in [7, 11) is 0. The minimum Gasteiger partial charge on any atom is -0.475 e. The van der Waals surface area contributed by atoms with Crippen molar-refractivity contribution in [1.82, 2.24) is 15.0 Å². The number of fused-ring (bicyclic) bond motifs is 1. The second kappa shape index (κ2) is 5.83. The van der Waals surface area contributed by atoms with Crippen LogP contribution >= 0.6 is 0 Å². The molecule has 0 fully saturated rings. The highest BCUT2D eigenvalue weighted by atomic mass is 16.5. The van der Waals surface area contributed by atoms with Gasteiger partial charge in [0, 0.05) is 18.3 Å². The molecule has 2 aromatic heterocycles. The molecule has 0 aliphatic rings. The number of ether oxygens (including phenoxy) is 1. The lowest BCUT2D eigenvalue weighted by Crippen LogP contribution is -2.10. The maximum absolute atomic E-state index is 5.71. The Balaban J connectivity index is 1.75. The molecule has 0 aliphatic heterocycles. The molecule has 0 aliphatic carbocycles. The summed E-state index contributed by atoms with van der Waals surface area (Å²) in [4.78, 5) is 12.0. The maximum atomic E-state index is 5.71. The van der Waals surface area contributed by atoms with Crippen LogP contribution in [0.2, 0.25) is 0 Å². The standard InChI is InChI=1S/C16H18N4O/c1-11(2)21-15-12(6-5-9-17-15)10-18-16-19-13-7-3-4-8-14(13)20-16/h3-9,11H,10H2,1-2H3,(H2,18,19,20). The first-order valence-corrected chi connectivity index (χ1v) is 7.01. The Morgan fingerprint density at radius 1 is 1.19 bits per heavy atom. The summed E-state index contributed by atoms with van der Waals surface area (Å²) in [5, 5.41) is 3.28. The molecule has 0 unspecified atom stereocenters. The number of benzene rings is 1. The molecule has 0 atom stereocenters. The van der Waals surface area contributed by atoms with E-state index in [1.165, 1.54) is 0 Å². The summed E-state index contributed by atoms with van der Waals surface area (Å²) in [5.74, 6) is 1.41. The van der Waals surface area contributed by atoms with E-state index in [0.29, 0.717) is 12.4 Å². The van der Waals surface area contributed by atoms with Gasteiger partial charge in [-0.2, -0.15) is 0 Å². The fraction of sp³-hybridized carbons (Fsp3) is 0.250. The molecule has 2 N–H and O–H groups in total. The summed E-state index contributed by atoms with van der Waals surface area (Å²) in [6, 6.07) is 11.9. The quantitative estimate of drug-likeness (QED) is 0.753. The average Bonchev–Trinajstić information content (AvgIpc) is 2.88. The highest BCUT2D eigenvalue weighted by Gasteiger charge is 2.07. The first kappa shape index (κ1) is 13.4. The predicted molar refractivity (Wildman–Crippen MR) is 83.4 cm³/mol. The Labute approximate surface area is 123 Å². The van der Waals surface area contributed by atoms with Crippen LogP contribution in [0.25, 0.3) is 11.0 Å². The Bertz CT molecular complexity index is 703. The lowest BCUT2D eigenvalue weighted by atomic mass is 10.2. The number of pyridine rings is 1. The van der Waals surface area contributed by atoms with Crippen LogP contribution in [-0.2, 0) is 6.54 Å². The van der Waals surface area contributed by atoms with Gasteiger partial charge in [0.1, 0.15) is 0 Å². The summed E-state index contributed by atoms with van der Waals surface area (Å²) in [5.41, 5.74) is 2.97. The van der Waals surface area contributed by atoms with E-state index in [-0.39, 0.29) is 6.10 Å². The number of hydrogen-bond acceptors (Lipinski definition) is 4. The van der Waals surface area contributed by atoms with Crippen molar-refractivity contribution >= 4 is 17.0 Å². The Hall–Kier alpha value is -2.56. The van der Waals surface area contributed by atoms with E-state index in [4.69, 9.17) is 4.74 Å². The van der Waals surface area contributed by atoms with Gasteiger partial charge in [0.2, 0.25) is 11.8 Å². The largest absolute Gasteiger partial charge is 0.475 e. The van der Waals surface area contributed by atoms with Crippen LogP contribution in [0.4, 0.5) is 5.95 Å². The Kier molecular flexibility index (Phi) is 3.73. The molecule has 0 saturated heterocycles. The molecular formula is C16H18N4O. The summed E-state index contributed by atoms with van der Waals surface area (Å²) in [6.07, 6.45) is 1.84. The van der Waals surface area contributed by atoms with Crippen LogP contribution < -0.4 is 10.1 Å². The third-order valence-electron chi connectivity index (χ3n) is 3.03. The monoisotopic (exact) mass is 282 g/mol. The second-order valence-corrected chi connectivity index (χ2v) is 5.09. The van der Waals surface area contributed by atoms with Crippen molar-refractivity contribution in [2.45, 2.75) is 26.5 Å². The number of anilines is 1. The van der Waals surface area contributed by atoms with Gasteiger partial charge < -0.3 is 15.0 Å². The number of aromatic amines is 1. The smallest absolute Gasteiger partial charge is 0.218 e. The van der Waals surface area contributed by atoms with Crippen molar-refractivity contribution in [2.75, 3.05) is 5.32 Å². The van der Waals surface area contributed by atoms with E-state index in [2.05, 4.69) is 20.3 Å². The van der Waals surface area contributed by atoms with Crippen molar-refractivity contribution in [3.05, 3.63) is 48.2 Å². The van der Waals surface area contributed by atoms with Crippen LogP contribution in [0.3, 0.4) is 0 Å². The molecule has 5 nitrogen and oxygen atoms in total. The Morgan fingerprint density at radius 3 is 2.86 bits per heavy atom. The van der Waals surface area contributed by atoms with E-state index in [1.807, 2.05) is 50.2 Å². The van der Waals surface area contributed by atoms with Gasteiger partial charge >= 0.3 is 0 Å². The van der Waals surface area contributed by atoms with Gasteiger partial charge in [-0.1, -0.05) is 18.2 Å². The van der Waals surface area contributed by atoms with Crippen molar-refractivity contribution in [1.29, 1.82) is 0 Å². The molecule has 108 valence electrons. The number of imidazole rings is 1. The van der Waals surface area contributed by atoms with Crippen LogP contribution in [0.1, 0.15) is 19.4 Å². The van der Waals surface area contributed by atoms with Gasteiger partial charge in [-0.25, -0.2) is 9.97 Å². The number of rotatable bonds is 5. The molecule has 0 saturated carbocycles. The highest BCUT2D eigenvalue weighted by Crippen LogP contribution is 2.18. The van der Waals surface area contributed by atoms with Crippen molar-refractivity contribution in [2.24, 2.45) is 0 Å². The van der Waals surface area contributed by atoms with Gasteiger partial charge in [0.25, 0.3) is 0 Å². The molecule has 0 bridgehead atoms. The van der Waals surface area contributed by atoms with Crippen molar-refractivity contribution in [3.63, 3.8) is 0 Å². The molecule has 0 amide bonds. The number of para-hydroxylation sites is 2. The minimum atomic E-state index is 0.102. The fourth-order valence-corrected chi connectivity index (χ4v) is 2.10. The van der Waals surface area contributed by atoms with E-state index >= 15 is 0 Å². The molecule has 5 heteroatoms. The second-order valence-electron chi connectivity index (χ2n) is 5.09. The summed E-state index contributed by atoms with van der Waals surface area (Å²) in [6.45, 7) is 4.59. The number of nitrogens with one attached hydrogen (secondary N) is 2.